The Bertz CT molecular complexity index is 232. The van der Waals surface area contributed by atoms with Gasteiger partial charge in [0.25, 0.3) is 0 Å². The fourth-order valence-electron chi connectivity index (χ4n) is 1.67. The molecule has 0 bridgehead atoms. The first-order chi connectivity index (χ1) is 5.81. The van der Waals surface area contributed by atoms with Gasteiger partial charge >= 0.3 is 0 Å². The van der Waals surface area contributed by atoms with Gasteiger partial charge in [0, 0.05) is 19.9 Å². The highest BCUT2D eigenvalue weighted by Crippen LogP contribution is 2.44. The van der Waals surface area contributed by atoms with Gasteiger partial charge in [0.2, 0.25) is 0 Å². The fourth-order valence-corrected chi connectivity index (χ4v) is 1.67. The molecule has 0 amide bonds. The molecule has 2 nitrogen and oxygen atoms in total. The van der Waals surface area contributed by atoms with Crippen LogP contribution in [0.25, 0.3) is 0 Å². The van der Waals surface area contributed by atoms with Gasteiger partial charge in [0.05, 0.1) is 0 Å². The molecule has 0 aliphatic heterocycles. The van der Waals surface area contributed by atoms with E-state index in [1.54, 1.807) is 7.11 Å². The average molecular weight is 165 g/mol. The van der Waals surface area contributed by atoms with E-state index in [0.717, 1.165) is 11.8 Å². The van der Waals surface area contributed by atoms with Crippen LogP contribution in [0.15, 0.2) is 23.9 Å². The molecule has 66 valence electrons. The highest BCUT2D eigenvalue weighted by atomic mass is 16.5. The molecule has 0 N–H and O–H groups in total. The quantitative estimate of drug-likeness (QED) is 0.589. The zero-order valence-electron chi connectivity index (χ0n) is 7.66. The highest BCUT2D eigenvalue weighted by molar-refractivity contribution is 5.29. The zero-order valence-corrected chi connectivity index (χ0v) is 7.66. The summed E-state index contributed by atoms with van der Waals surface area (Å²) in [6, 6.07) is 0. The standard InChI is InChI=1S/C10H15NO/c1-11(7-12-2)10-4-3-8-5-9(8)6-10/h3-4,6,8-9H,5,7H2,1-2H3. The average Bonchev–Trinajstić information content (AvgIpc) is 2.81. The van der Waals surface area contributed by atoms with Gasteiger partial charge in [0.1, 0.15) is 6.73 Å². The van der Waals surface area contributed by atoms with Crippen LogP contribution in [0.2, 0.25) is 0 Å². The Kier molecular flexibility index (Phi) is 1.93. The van der Waals surface area contributed by atoms with E-state index in [2.05, 4.69) is 30.2 Å². The van der Waals surface area contributed by atoms with Crippen molar-refractivity contribution in [2.75, 3.05) is 20.9 Å². The summed E-state index contributed by atoms with van der Waals surface area (Å²) in [7, 11) is 3.78. The number of hydrogen-bond donors (Lipinski definition) is 0. The first-order valence-corrected chi connectivity index (χ1v) is 4.41. The Hall–Kier alpha value is -0.760. The summed E-state index contributed by atoms with van der Waals surface area (Å²) in [5, 5.41) is 0. The van der Waals surface area contributed by atoms with Crippen molar-refractivity contribution in [2.24, 2.45) is 11.8 Å². The second-order valence-corrected chi connectivity index (χ2v) is 3.63. The number of allylic oxidation sites excluding steroid dienone is 3. The van der Waals surface area contributed by atoms with Gasteiger partial charge in [-0.05, 0) is 24.3 Å². The SMILES string of the molecule is COCN(C)C1=CC2CC2C=C1. The third-order valence-electron chi connectivity index (χ3n) is 2.55. The van der Waals surface area contributed by atoms with E-state index in [1.165, 1.54) is 12.1 Å². The molecular weight excluding hydrogens is 150 g/mol. The number of hydrogen-bond acceptors (Lipinski definition) is 2. The molecule has 0 heterocycles. The Morgan fingerprint density at radius 1 is 1.58 bits per heavy atom. The van der Waals surface area contributed by atoms with Crippen LogP contribution in [0.5, 0.6) is 0 Å². The zero-order chi connectivity index (χ0) is 8.55. The van der Waals surface area contributed by atoms with Crippen molar-refractivity contribution in [3.05, 3.63) is 23.9 Å². The minimum atomic E-state index is 0.674. The molecule has 0 saturated heterocycles. The number of fused-ring (bicyclic) bond motifs is 1. The number of nitrogens with zero attached hydrogens (tertiary/aromatic N) is 1. The van der Waals surface area contributed by atoms with Crippen molar-refractivity contribution < 1.29 is 4.74 Å². The third-order valence-corrected chi connectivity index (χ3v) is 2.55. The smallest absolute Gasteiger partial charge is 0.118 e. The van der Waals surface area contributed by atoms with Gasteiger partial charge in [-0.15, -0.1) is 0 Å². The van der Waals surface area contributed by atoms with Crippen LogP contribution in [0.4, 0.5) is 0 Å². The maximum absolute atomic E-state index is 5.06. The Morgan fingerprint density at radius 3 is 3.08 bits per heavy atom. The lowest BCUT2D eigenvalue weighted by Gasteiger charge is -2.20. The summed E-state index contributed by atoms with van der Waals surface area (Å²) in [5.74, 6) is 1.68. The van der Waals surface area contributed by atoms with Crippen LogP contribution in [0.1, 0.15) is 6.42 Å². The predicted octanol–water partition coefficient (Wildman–Crippen LogP) is 1.61. The third kappa shape index (κ3) is 1.39. The van der Waals surface area contributed by atoms with E-state index in [-0.39, 0.29) is 0 Å². The first-order valence-electron chi connectivity index (χ1n) is 4.41. The van der Waals surface area contributed by atoms with Crippen LogP contribution in [0, 0.1) is 11.8 Å². The lowest BCUT2D eigenvalue weighted by atomic mass is 10.1. The van der Waals surface area contributed by atoms with E-state index in [4.69, 9.17) is 4.74 Å². The van der Waals surface area contributed by atoms with Crippen molar-refractivity contribution in [3.63, 3.8) is 0 Å². The minimum Gasteiger partial charge on any atom is -0.364 e. The molecule has 1 saturated carbocycles. The largest absolute Gasteiger partial charge is 0.364 e. The van der Waals surface area contributed by atoms with Crippen LogP contribution >= 0.6 is 0 Å². The Labute approximate surface area is 73.5 Å². The summed E-state index contributed by atoms with van der Waals surface area (Å²) in [6.07, 6.45) is 8.21. The number of rotatable bonds is 3. The fraction of sp³-hybridized carbons (Fsp3) is 0.600. The van der Waals surface area contributed by atoms with E-state index in [0.29, 0.717) is 6.73 Å². The monoisotopic (exact) mass is 165 g/mol. The molecule has 0 aromatic heterocycles. The lowest BCUT2D eigenvalue weighted by Crippen LogP contribution is -2.20. The van der Waals surface area contributed by atoms with Crippen LogP contribution in [-0.4, -0.2) is 25.8 Å². The molecule has 0 aromatic carbocycles. The molecule has 2 atom stereocenters. The number of likely N-dealkylation sites (N-methyl/N-ethyl adjacent to an activating group) is 1. The molecule has 0 radical (unpaired) electrons. The van der Waals surface area contributed by atoms with Crippen LogP contribution in [0.3, 0.4) is 0 Å². The summed E-state index contributed by atoms with van der Waals surface area (Å²) in [6.45, 7) is 0.674. The van der Waals surface area contributed by atoms with Crippen molar-refractivity contribution in [2.45, 2.75) is 6.42 Å². The van der Waals surface area contributed by atoms with E-state index < -0.39 is 0 Å². The van der Waals surface area contributed by atoms with Crippen LogP contribution in [-0.2, 0) is 4.74 Å². The second-order valence-electron chi connectivity index (χ2n) is 3.63. The maximum Gasteiger partial charge on any atom is 0.118 e. The Balaban J connectivity index is 1.99. The second kappa shape index (κ2) is 2.94. The maximum atomic E-state index is 5.06. The molecule has 2 aliphatic carbocycles. The van der Waals surface area contributed by atoms with Crippen molar-refractivity contribution in [1.29, 1.82) is 0 Å². The predicted molar refractivity (Wildman–Crippen MR) is 48.5 cm³/mol. The summed E-state index contributed by atoms with van der Waals surface area (Å²) in [4.78, 5) is 2.13. The molecule has 2 rings (SSSR count). The van der Waals surface area contributed by atoms with Gasteiger partial charge in [-0.3, -0.25) is 0 Å². The van der Waals surface area contributed by atoms with E-state index in [1.807, 2.05) is 0 Å². The molecule has 0 aromatic rings. The van der Waals surface area contributed by atoms with Gasteiger partial charge < -0.3 is 9.64 Å². The highest BCUT2D eigenvalue weighted by Gasteiger charge is 2.35. The first kappa shape index (κ1) is 7.87. The van der Waals surface area contributed by atoms with Gasteiger partial charge in [-0.25, -0.2) is 0 Å². The van der Waals surface area contributed by atoms with E-state index >= 15 is 0 Å². The van der Waals surface area contributed by atoms with Crippen LogP contribution < -0.4 is 0 Å². The topological polar surface area (TPSA) is 12.5 Å². The summed E-state index contributed by atoms with van der Waals surface area (Å²) in [5.41, 5.74) is 1.30. The molecule has 2 unspecified atom stereocenters. The number of ether oxygens (including phenoxy) is 1. The molecule has 12 heavy (non-hydrogen) atoms. The minimum absolute atomic E-state index is 0.674. The van der Waals surface area contributed by atoms with Gasteiger partial charge in [-0.1, -0.05) is 12.2 Å². The summed E-state index contributed by atoms with van der Waals surface area (Å²) < 4.78 is 5.06. The summed E-state index contributed by atoms with van der Waals surface area (Å²) >= 11 is 0. The van der Waals surface area contributed by atoms with E-state index in [9.17, 15) is 0 Å². The molecule has 2 aliphatic rings. The molecule has 0 spiro atoms. The van der Waals surface area contributed by atoms with Crippen molar-refractivity contribution in [3.8, 4) is 0 Å². The lowest BCUT2D eigenvalue weighted by molar-refractivity contribution is 0.106. The number of methoxy groups -OCH3 is 1. The molecule has 2 heteroatoms. The Morgan fingerprint density at radius 2 is 2.42 bits per heavy atom. The molecular formula is C10H15NO. The van der Waals surface area contributed by atoms with Gasteiger partial charge in [-0.2, -0.15) is 0 Å². The van der Waals surface area contributed by atoms with Crippen molar-refractivity contribution in [1.82, 2.24) is 4.90 Å². The van der Waals surface area contributed by atoms with Gasteiger partial charge in [0.15, 0.2) is 0 Å². The normalized spacial score (nSPS) is 31.0. The van der Waals surface area contributed by atoms with Crippen molar-refractivity contribution >= 4 is 0 Å². The molecule has 1 fully saturated rings.